The molecule has 0 saturated carbocycles. The number of rotatable bonds is 1. The van der Waals surface area contributed by atoms with Crippen LogP contribution in [0.2, 0.25) is 0 Å². The number of benzene rings is 1. The summed E-state index contributed by atoms with van der Waals surface area (Å²) in [6.45, 7) is 10.2. The first kappa shape index (κ1) is 13.5. The van der Waals surface area contributed by atoms with Gasteiger partial charge in [0.2, 0.25) is 0 Å². The van der Waals surface area contributed by atoms with Crippen molar-refractivity contribution in [3.8, 4) is 5.75 Å². The van der Waals surface area contributed by atoms with E-state index in [1.54, 1.807) is 0 Å². The van der Waals surface area contributed by atoms with E-state index in [-0.39, 0.29) is 5.41 Å². The smallest absolute Gasteiger partial charge is 0.115 e. The van der Waals surface area contributed by atoms with Crippen LogP contribution >= 0.6 is 0 Å². The number of piperidine rings is 1. The molecule has 0 spiro atoms. The molecule has 2 aliphatic rings. The Hall–Kier alpha value is -1.44. The quantitative estimate of drug-likeness (QED) is 0.839. The van der Waals surface area contributed by atoms with Crippen molar-refractivity contribution < 1.29 is 5.11 Å². The van der Waals surface area contributed by atoms with Gasteiger partial charge in [-0.15, -0.1) is 0 Å². The van der Waals surface area contributed by atoms with E-state index in [1.807, 2.05) is 12.1 Å². The van der Waals surface area contributed by atoms with Crippen LogP contribution in [-0.4, -0.2) is 22.6 Å². The molecule has 3 atom stereocenters. The standard InChI is InChI=1S/C18H25NO/c1-12(2)11-19-8-7-18(4)13(3)17(19)9-14-5-6-15(20)10-16(14)18/h5-6,10-11,13,17,20H,7-9H2,1-4H3/t13-,17+,18-/m1/s1. The summed E-state index contributed by atoms with van der Waals surface area (Å²) in [6, 6.07) is 6.53. The third-order valence-electron chi connectivity index (χ3n) is 5.46. The summed E-state index contributed by atoms with van der Waals surface area (Å²) in [5, 5.41) is 9.84. The SMILES string of the molecule is CC(C)=CN1CC[C@@]2(C)c3cc(O)ccc3C[C@H]1[C@H]2C. The van der Waals surface area contributed by atoms with E-state index in [1.165, 1.54) is 16.7 Å². The van der Waals surface area contributed by atoms with Crippen LogP contribution in [0, 0.1) is 5.92 Å². The number of nitrogens with zero attached hydrogens (tertiary/aromatic N) is 1. The van der Waals surface area contributed by atoms with Crippen molar-refractivity contribution in [1.29, 1.82) is 0 Å². The number of hydrogen-bond donors (Lipinski definition) is 1. The molecule has 1 aromatic rings. The summed E-state index contributed by atoms with van der Waals surface area (Å²) >= 11 is 0. The molecule has 1 saturated heterocycles. The van der Waals surface area contributed by atoms with E-state index in [0.29, 0.717) is 17.7 Å². The molecular weight excluding hydrogens is 246 g/mol. The normalized spacial score (nSPS) is 31.7. The third kappa shape index (κ3) is 1.93. The predicted molar refractivity (Wildman–Crippen MR) is 82.9 cm³/mol. The first-order valence-corrected chi connectivity index (χ1v) is 7.65. The first-order chi connectivity index (χ1) is 9.41. The maximum atomic E-state index is 9.84. The Morgan fingerprint density at radius 3 is 2.85 bits per heavy atom. The van der Waals surface area contributed by atoms with Crippen molar-refractivity contribution >= 4 is 0 Å². The van der Waals surface area contributed by atoms with Gasteiger partial charge in [0.1, 0.15) is 5.75 Å². The second-order valence-electron chi connectivity index (χ2n) is 7.01. The molecule has 1 aliphatic carbocycles. The summed E-state index contributed by atoms with van der Waals surface area (Å²) in [4.78, 5) is 2.54. The van der Waals surface area contributed by atoms with Gasteiger partial charge in [-0.3, -0.25) is 0 Å². The Labute approximate surface area is 122 Å². The molecule has 0 aromatic heterocycles. The maximum absolute atomic E-state index is 9.84. The highest BCUT2D eigenvalue weighted by molar-refractivity contribution is 5.44. The van der Waals surface area contributed by atoms with Gasteiger partial charge in [0, 0.05) is 12.6 Å². The topological polar surface area (TPSA) is 23.5 Å². The lowest BCUT2D eigenvalue weighted by Gasteiger charge is -2.54. The molecular formula is C18H25NO. The van der Waals surface area contributed by atoms with E-state index in [0.717, 1.165) is 19.4 Å². The van der Waals surface area contributed by atoms with Crippen LogP contribution in [-0.2, 0) is 11.8 Å². The number of phenolic OH excluding ortho intramolecular Hbond substituents is 1. The lowest BCUT2D eigenvalue weighted by atomic mass is 9.59. The zero-order chi connectivity index (χ0) is 14.5. The van der Waals surface area contributed by atoms with Gasteiger partial charge in [-0.05, 0) is 67.5 Å². The lowest BCUT2D eigenvalue weighted by molar-refractivity contribution is 0.0649. The van der Waals surface area contributed by atoms with E-state index in [9.17, 15) is 5.11 Å². The van der Waals surface area contributed by atoms with Crippen molar-refractivity contribution in [2.45, 2.75) is 52.0 Å². The molecule has 2 nitrogen and oxygen atoms in total. The zero-order valence-electron chi connectivity index (χ0n) is 13.0. The molecule has 1 N–H and O–H groups in total. The van der Waals surface area contributed by atoms with Crippen molar-refractivity contribution in [2.24, 2.45) is 5.92 Å². The van der Waals surface area contributed by atoms with E-state index in [2.05, 4.69) is 44.9 Å². The van der Waals surface area contributed by atoms with E-state index >= 15 is 0 Å². The van der Waals surface area contributed by atoms with Crippen LogP contribution in [0.4, 0.5) is 0 Å². The second-order valence-corrected chi connectivity index (χ2v) is 7.01. The average molecular weight is 271 g/mol. The zero-order valence-corrected chi connectivity index (χ0v) is 13.0. The van der Waals surface area contributed by atoms with Gasteiger partial charge >= 0.3 is 0 Å². The van der Waals surface area contributed by atoms with Gasteiger partial charge in [0.05, 0.1) is 0 Å². The molecule has 2 bridgehead atoms. The summed E-state index contributed by atoms with van der Waals surface area (Å²) in [6.07, 6.45) is 4.58. The van der Waals surface area contributed by atoms with Crippen molar-refractivity contribution in [1.82, 2.24) is 4.90 Å². The second kappa shape index (κ2) is 4.54. The number of hydrogen-bond acceptors (Lipinski definition) is 2. The molecule has 108 valence electrons. The predicted octanol–water partition coefficient (Wildman–Crippen LogP) is 3.84. The summed E-state index contributed by atoms with van der Waals surface area (Å²) < 4.78 is 0. The number of allylic oxidation sites excluding steroid dienone is 1. The van der Waals surface area contributed by atoms with Crippen molar-refractivity contribution in [3.05, 3.63) is 41.1 Å². The van der Waals surface area contributed by atoms with Gasteiger partial charge in [0.15, 0.2) is 0 Å². The van der Waals surface area contributed by atoms with Crippen LogP contribution in [0.25, 0.3) is 0 Å². The number of phenols is 1. The fraction of sp³-hybridized carbons (Fsp3) is 0.556. The summed E-state index contributed by atoms with van der Waals surface area (Å²) in [5.41, 5.74) is 4.36. The molecule has 2 heteroatoms. The average Bonchev–Trinajstić information content (AvgIpc) is 2.38. The van der Waals surface area contributed by atoms with E-state index < -0.39 is 0 Å². The van der Waals surface area contributed by atoms with Crippen molar-refractivity contribution in [3.63, 3.8) is 0 Å². The Balaban J connectivity index is 2.06. The molecule has 3 rings (SSSR count). The van der Waals surface area contributed by atoms with Crippen LogP contribution in [0.15, 0.2) is 30.0 Å². The lowest BCUT2D eigenvalue weighted by Crippen LogP contribution is -2.56. The highest BCUT2D eigenvalue weighted by Crippen LogP contribution is 2.49. The maximum Gasteiger partial charge on any atom is 0.115 e. The van der Waals surface area contributed by atoms with Crippen LogP contribution in [0.3, 0.4) is 0 Å². The number of likely N-dealkylation sites (tertiary alicyclic amines) is 1. The first-order valence-electron chi connectivity index (χ1n) is 7.65. The molecule has 1 aliphatic heterocycles. The Morgan fingerprint density at radius 1 is 1.40 bits per heavy atom. The minimum atomic E-state index is 0.197. The third-order valence-corrected chi connectivity index (χ3v) is 5.46. The summed E-state index contributed by atoms with van der Waals surface area (Å²) in [7, 11) is 0. The Bertz CT molecular complexity index is 559. The van der Waals surface area contributed by atoms with Gasteiger partial charge in [-0.25, -0.2) is 0 Å². The summed E-state index contributed by atoms with van der Waals surface area (Å²) in [5.74, 6) is 1.02. The highest BCUT2D eigenvalue weighted by atomic mass is 16.3. The van der Waals surface area contributed by atoms with Gasteiger partial charge in [-0.1, -0.05) is 25.5 Å². The number of aromatic hydroxyl groups is 1. The molecule has 20 heavy (non-hydrogen) atoms. The minimum Gasteiger partial charge on any atom is -0.508 e. The Morgan fingerprint density at radius 2 is 2.15 bits per heavy atom. The largest absolute Gasteiger partial charge is 0.508 e. The molecule has 1 aromatic carbocycles. The van der Waals surface area contributed by atoms with Crippen LogP contribution in [0.1, 0.15) is 45.2 Å². The van der Waals surface area contributed by atoms with Crippen LogP contribution in [0.5, 0.6) is 5.75 Å². The minimum absolute atomic E-state index is 0.197. The van der Waals surface area contributed by atoms with Crippen molar-refractivity contribution in [2.75, 3.05) is 6.54 Å². The van der Waals surface area contributed by atoms with E-state index in [4.69, 9.17) is 0 Å². The molecule has 0 radical (unpaired) electrons. The highest BCUT2D eigenvalue weighted by Gasteiger charge is 2.47. The van der Waals surface area contributed by atoms with Gasteiger partial charge in [0.25, 0.3) is 0 Å². The Kier molecular flexibility index (Phi) is 3.07. The molecule has 0 amide bonds. The van der Waals surface area contributed by atoms with Crippen LogP contribution < -0.4 is 0 Å². The fourth-order valence-corrected chi connectivity index (χ4v) is 4.13. The molecule has 0 unspecified atom stereocenters. The van der Waals surface area contributed by atoms with Gasteiger partial charge in [-0.2, -0.15) is 0 Å². The molecule has 1 heterocycles. The van der Waals surface area contributed by atoms with Gasteiger partial charge < -0.3 is 10.0 Å². The fourth-order valence-electron chi connectivity index (χ4n) is 4.13. The number of fused-ring (bicyclic) bond motifs is 4. The molecule has 1 fully saturated rings. The monoisotopic (exact) mass is 271 g/mol.